The molecule has 16 heavy (non-hydrogen) atoms. The van der Waals surface area contributed by atoms with Gasteiger partial charge in [-0.1, -0.05) is 0 Å². The van der Waals surface area contributed by atoms with Gasteiger partial charge in [-0.25, -0.2) is 0 Å². The highest BCUT2D eigenvalue weighted by atomic mass is 16.5. The molecule has 0 fully saturated rings. The standard InChI is InChI=1S/C12H18N2O2/c1-8-6-10(13)7-9(2)12(8)16-5-4-11(15)14-3/h6-7H,4-5,13H2,1-3H3,(H,14,15). The number of hydrogen-bond acceptors (Lipinski definition) is 3. The van der Waals surface area contributed by atoms with Crippen LogP contribution < -0.4 is 15.8 Å². The lowest BCUT2D eigenvalue weighted by molar-refractivity contribution is -0.121. The maximum absolute atomic E-state index is 11.0. The smallest absolute Gasteiger partial charge is 0.223 e. The van der Waals surface area contributed by atoms with Gasteiger partial charge in [0, 0.05) is 12.7 Å². The first-order valence-corrected chi connectivity index (χ1v) is 5.24. The Morgan fingerprint density at radius 3 is 2.44 bits per heavy atom. The highest BCUT2D eigenvalue weighted by Gasteiger charge is 2.06. The van der Waals surface area contributed by atoms with Crippen LogP contribution in [0.5, 0.6) is 5.75 Å². The normalized spacial score (nSPS) is 9.94. The number of nitrogens with two attached hydrogens (primary N) is 1. The Hall–Kier alpha value is -1.71. The molecule has 4 nitrogen and oxygen atoms in total. The topological polar surface area (TPSA) is 64.3 Å². The van der Waals surface area contributed by atoms with Crippen molar-refractivity contribution in [1.82, 2.24) is 5.32 Å². The third-order valence-corrected chi connectivity index (χ3v) is 2.34. The zero-order valence-electron chi connectivity index (χ0n) is 9.96. The number of anilines is 1. The number of carbonyl (C=O) groups is 1. The third-order valence-electron chi connectivity index (χ3n) is 2.34. The molecule has 0 saturated heterocycles. The number of ether oxygens (including phenoxy) is 1. The molecule has 0 atom stereocenters. The molecule has 1 aromatic carbocycles. The minimum Gasteiger partial charge on any atom is -0.493 e. The molecule has 0 unspecified atom stereocenters. The van der Waals surface area contributed by atoms with Gasteiger partial charge in [0.1, 0.15) is 5.75 Å². The van der Waals surface area contributed by atoms with Crippen molar-refractivity contribution >= 4 is 11.6 Å². The van der Waals surface area contributed by atoms with E-state index in [4.69, 9.17) is 10.5 Å². The fourth-order valence-corrected chi connectivity index (χ4v) is 1.58. The number of amides is 1. The van der Waals surface area contributed by atoms with Crippen molar-refractivity contribution in [3.8, 4) is 5.75 Å². The molecule has 0 radical (unpaired) electrons. The van der Waals surface area contributed by atoms with Crippen molar-refractivity contribution in [3.05, 3.63) is 23.3 Å². The lowest BCUT2D eigenvalue weighted by atomic mass is 10.1. The Balaban J connectivity index is 2.64. The summed E-state index contributed by atoms with van der Waals surface area (Å²) in [6.45, 7) is 4.27. The van der Waals surface area contributed by atoms with E-state index in [-0.39, 0.29) is 5.91 Å². The van der Waals surface area contributed by atoms with Gasteiger partial charge >= 0.3 is 0 Å². The van der Waals surface area contributed by atoms with Crippen LogP contribution in [0.2, 0.25) is 0 Å². The summed E-state index contributed by atoms with van der Waals surface area (Å²) < 4.78 is 5.58. The Morgan fingerprint density at radius 1 is 1.38 bits per heavy atom. The molecular formula is C12H18N2O2. The number of benzene rings is 1. The van der Waals surface area contributed by atoms with E-state index in [1.54, 1.807) is 7.05 Å². The van der Waals surface area contributed by atoms with Gasteiger partial charge in [0.25, 0.3) is 0 Å². The van der Waals surface area contributed by atoms with Gasteiger partial charge in [0.05, 0.1) is 13.0 Å². The molecule has 1 amide bonds. The number of carbonyl (C=O) groups excluding carboxylic acids is 1. The van der Waals surface area contributed by atoms with Crippen LogP contribution in [-0.4, -0.2) is 19.6 Å². The number of aryl methyl sites for hydroxylation is 2. The fraction of sp³-hybridized carbons (Fsp3) is 0.417. The SMILES string of the molecule is CNC(=O)CCOc1c(C)cc(N)cc1C. The lowest BCUT2D eigenvalue weighted by Gasteiger charge is -2.12. The van der Waals surface area contributed by atoms with E-state index in [2.05, 4.69) is 5.32 Å². The molecule has 1 aromatic rings. The summed E-state index contributed by atoms with van der Waals surface area (Å²) in [5.41, 5.74) is 8.43. The third kappa shape index (κ3) is 3.15. The second kappa shape index (κ2) is 5.39. The van der Waals surface area contributed by atoms with Gasteiger partial charge in [0.2, 0.25) is 5.91 Å². The summed E-state index contributed by atoms with van der Waals surface area (Å²) in [5, 5.41) is 2.55. The van der Waals surface area contributed by atoms with E-state index in [1.807, 2.05) is 26.0 Å². The van der Waals surface area contributed by atoms with Crippen LogP contribution in [0.25, 0.3) is 0 Å². The van der Waals surface area contributed by atoms with E-state index >= 15 is 0 Å². The van der Waals surface area contributed by atoms with E-state index in [9.17, 15) is 4.79 Å². The average Bonchev–Trinajstić information content (AvgIpc) is 2.21. The summed E-state index contributed by atoms with van der Waals surface area (Å²) in [7, 11) is 1.61. The molecule has 1 rings (SSSR count). The van der Waals surface area contributed by atoms with Crippen LogP contribution in [0.3, 0.4) is 0 Å². The molecule has 0 bridgehead atoms. The van der Waals surface area contributed by atoms with Crippen molar-refractivity contribution in [2.45, 2.75) is 20.3 Å². The van der Waals surface area contributed by atoms with E-state index < -0.39 is 0 Å². The average molecular weight is 222 g/mol. The number of rotatable bonds is 4. The van der Waals surface area contributed by atoms with Gasteiger partial charge in [-0.2, -0.15) is 0 Å². The predicted molar refractivity (Wildman–Crippen MR) is 64.5 cm³/mol. The molecular weight excluding hydrogens is 204 g/mol. The van der Waals surface area contributed by atoms with Crippen LogP contribution in [0.4, 0.5) is 5.69 Å². The zero-order valence-corrected chi connectivity index (χ0v) is 9.96. The van der Waals surface area contributed by atoms with Crippen molar-refractivity contribution in [1.29, 1.82) is 0 Å². The first-order chi connectivity index (χ1) is 7.54. The van der Waals surface area contributed by atoms with Gasteiger partial charge in [-0.3, -0.25) is 4.79 Å². The minimum atomic E-state index is -0.0225. The Morgan fingerprint density at radius 2 is 1.94 bits per heavy atom. The van der Waals surface area contributed by atoms with Crippen LogP contribution in [-0.2, 0) is 4.79 Å². The molecule has 0 heterocycles. The van der Waals surface area contributed by atoms with Crippen molar-refractivity contribution in [2.75, 3.05) is 19.4 Å². The predicted octanol–water partition coefficient (Wildman–Crippen LogP) is 1.40. The minimum absolute atomic E-state index is 0.0225. The molecule has 3 N–H and O–H groups in total. The van der Waals surface area contributed by atoms with Crippen molar-refractivity contribution < 1.29 is 9.53 Å². The number of nitrogen functional groups attached to an aromatic ring is 1. The van der Waals surface area contributed by atoms with Gasteiger partial charge in [-0.15, -0.1) is 0 Å². The van der Waals surface area contributed by atoms with Crippen LogP contribution >= 0.6 is 0 Å². The summed E-state index contributed by atoms with van der Waals surface area (Å²) >= 11 is 0. The molecule has 0 aliphatic heterocycles. The summed E-state index contributed by atoms with van der Waals surface area (Å²) in [6, 6.07) is 3.73. The van der Waals surface area contributed by atoms with Gasteiger partial charge < -0.3 is 15.8 Å². The van der Waals surface area contributed by atoms with Gasteiger partial charge in [-0.05, 0) is 37.1 Å². The quantitative estimate of drug-likeness (QED) is 0.757. The van der Waals surface area contributed by atoms with Crippen molar-refractivity contribution in [2.24, 2.45) is 0 Å². The Labute approximate surface area is 95.8 Å². The number of hydrogen-bond donors (Lipinski definition) is 2. The summed E-state index contributed by atoms with van der Waals surface area (Å²) in [5.74, 6) is 0.795. The molecule has 4 heteroatoms. The fourth-order valence-electron chi connectivity index (χ4n) is 1.58. The van der Waals surface area contributed by atoms with Crippen molar-refractivity contribution in [3.63, 3.8) is 0 Å². The lowest BCUT2D eigenvalue weighted by Crippen LogP contribution is -2.20. The van der Waals surface area contributed by atoms with Crippen LogP contribution in [0.15, 0.2) is 12.1 Å². The second-order valence-corrected chi connectivity index (χ2v) is 3.76. The highest BCUT2D eigenvalue weighted by molar-refractivity contribution is 5.75. The maximum Gasteiger partial charge on any atom is 0.223 e. The van der Waals surface area contributed by atoms with Gasteiger partial charge in [0.15, 0.2) is 0 Å². The van der Waals surface area contributed by atoms with E-state index in [0.717, 1.165) is 22.6 Å². The first-order valence-electron chi connectivity index (χ1n) is 5.24. The molecule has 0 aliphatic carbocycles. The summed E-state index contributed by atoms with van der Waals surface area (Å²) in [6.07, 6.45) is 0.361. The second-order valence-electron chi connectivity index (χ2n) is 3.76. The zero-order chi connectivity index (χ0) is 12.1. The van der Waals surface area contributed by atoms with E-state index in [0.29, 0.717) is 13.0 Å². The van der Waals surface area contributed by atoms with Crippen LogP contribution in [0, 0.1) is 13.8 Å². The molecule has 0 saturated carbocycles. The molecule has 0 aromatic heterocycles. The Kier molecular flexibility index (Phi) is 4.17. The summed E-state index contributed by atoms with van der Waals surface area (Å²) in [4.78, 5) is 11.0. The molecule has 88 valence electrons. The molecule has 0 spiro atoms. The maximum atomic E-state index is 11.0. The monoisotopic (exact) mass is 222 g/mol. The van der Waals surface area contributed by atoms with E-state index in [1.165, 1.54) is 0 Å². The Bertz CT molecular complexity index is 366. The van der Waals surface area contributed by atoms with Crippen LogP contribution in [0.1, 0.15) is 17.5 Å². The molecule has 0 aliphatic rings. The number of nitrogens with one attached hydrogen (secondary N) is 1. The largest absolute Gasteiger partial charge is 0.493 e. The first kappa shape index (κ1) is 12.4. The highest BCUT2D eigenvalue weighted by Crippen LogP contribution is 2.25.